The molecule has 3 rings (SSSR count). The first-order valence-electron chi connectivity index (χ1n) is 5.65. The maximum atomic E-state index is 11.7. The minimum atomic E-state index is -3.22. The van der Waals surface area contributed by atoms with E-state index in [4.69, 9.17) is 0 Å². The molecule has 1 aromatic heterocycles. The van der Waals surface area contributed by atoms with E-state index < -0.39 is 9.84 Å². The minimum absolute atomic E-state index is 0.311. The molecular formula is C12H14N2O2S. The molecule has 1 aliphatic rings. The number of nitrogens with zero attached hydrogens (tertiary/aromatic N) is 1. The summed E-state index contributed by atoms with van der Waals surface area (Å²) in [5.41, 5.74) is 1.38. The summed E-state index contributed by atoms with van der Waals surface area (Å²) in [6.07, 6.45) is 2.35. The van der Waals surface area contributed by atoms with E-state index in [-0.39, 0.29) is 0 Å². The van der Waals surface area contributed by atoms with Crippen molar-refractivity contribution in [1.29, 1.82) is 0 Å². The number of hydrogen-bond acceptors (Lipinski definition) is 3. The predicted molar refractivity (Wildman–Crippen MR) is 65.7 cm³/mol. The first-order chi connectivity index (χ1) is 7.97. The zero-order valence-corrected chi connectivity index (χ0v) is 10.6. The summed E-state index contributed by atoms with van der Waals surface area (Å²) in [6.45, 7) is 2.18. The quantitative estimate of drug-likeness (QED) is 0.887. The maximum Gasteiger partial charge on any atom is 0.177 e. The number of sulfone groups is 1. The third kappa shape index (κ3) is 1.74. The van der Waals surface area contributed by atoms with Gasteiger partial charge in [0.2, 0.25) is 0 Å². The van der Waals surface area contributed by atoms with Crippen molar-refractivity contribution in [3.05, 3.63) is 24.0 Å². The Hall–Kier alpha value is -1.36. The van der Waals surface area contributed by atoms with E-state index in [1.165, 1.54) is 6.26 Å². The van der Waals surface area contributed by atoms with Crippen LogP contribution in [0.25, 0.3) is 11.0 Å². The smallest absolute Gasteiger partial charge is 0.177 e. The average Bonchev–Trinajstić information content (AvgIpc) is 2.82. The van der Waals surface area contributed by atoms with E-state index in [9.17, 15) is 8.42 Å². The van der Waals surface area contributed by atoms with Gasteiger partial charge in [0.05, 0.1) is 10.4 Å². The molecule has 1 aliphatic carbocycles. The average molecular weight is 250 g/mol. The minimum Gasteiger partial charge on any atom is -0.342 e. The van der Waals surface area contributed by atoms with Crippen molar-refractivity contribution < 1.29 is 8.42 Å². The second-order valence-electron chi connectivity index (χ2n) is 4.87. The summed E-state index contributed by atoms with van der Waals surface area (Å²) in [5, 5.41) is 0. The fraction of sp³-hybridized carbons (Fsp3) is 0.417. The highest BCUT2D eigenvalue weighted by molar-refractivity contribution is 7.91. The van der Waals surface area contributed by atoms with Gasteiger partial charge in [0.1, 0.15) is 11.3 Å². The number of nitrogens with one attached hydrogen (secondary N) is 1. The molecule has 1 aromatic carbocycles. The molecule has 0 radical (unpaired) electrons. The van der Waals surface area contributed by atoms with Crippen LogP contribution in [0.3, 0.4) is 0 Å². The van der Waals surface area contributed by atoms with E-state index in [0.717, 1.165) is 17.8 Å². The zero-order valence-electron chi connectivity index (χ0n) is 9.77. The first-order valence-corrected chi connectivity index (χ1v) is 7.54. The molecule has 90 valence electrons. The summed E-state index contributed by atoms with van der Waals surface area (Å²) in [7, 11) is -3.22. The third-order valence-corrected chi connectivity index (χ3v) is 4.48. The molecule has 0 aliphatic heterocycles. The number of aromatic nitrogens is 2. The van der Waals surface area contributed by atoms with Crippen LogP contribution in [0.15, 0.2) is 23.1 Å². The van der Waals surface area contributed by atoms with Gasteiger partial charge < -0.3 is 4.98 Å². The lowest BCUT2D eigenvalue weighted by Gasteiger charge is -1.97. The van der Waals surface area contributed by atoms with Gasteiger partial charge in [-0.1, -0.05) is 13.0 Å². The second-order valence-corrected chi connectivity index (χ2v) is 6.85. The van der Waals surface area contributed by atoms with Gasteiger partial charge in [0, 0.05) is 12.2 Å². The van der Waals surface area contributed by atoms with Crippen LogP contribution in [0.2, 0.25) is 0 Å². The van der Waals surface area contributed by atoms with Crippen LogP contribution in [-0.2, 0) is 9.84 Å². The van der Waals surface area contributed by atoms with Gasteiger partial charge in [-0.15, -0.1) is 0 Å². The van der Waals surface area contributed by atoms with Gasteiger partial charge in [-0.2, -0.15) is 0 Å². The number of aromatic amines is 1. The van der Waals surface area contributed by atoms with Crippen LogP contribution in [0.1, 0.15) is 25.1 Å². The number of para-hydroxylation sites is 1. The lowest BCUT2D eigenvalue weighted by Crippen LogP contribution is -1.97. The van der Waals surface area contributed by atoms with Gasteiger partial charge in [0.15, 0.2) is 9.84 Å². The molecule has 17 heavy (non-hydrogen) atoms. The van der Waals surface area contributed by atoms with Gasteiger partial charge in [-0.25, -0.2) is 13.4 Å². The van der Waals surface area contributed by atoms with Crippen molar-refractivity contribution in [2.45, 2.75) is 24.2 Å². The molecule has 2 aromatic rings. The Morgan fingerprint density at radius 1 is 1.41 bits per heavy atom. The van der Waals surface area contributed by atoms with Crippen LogP contribution in [-0.4, -0.2) is 24.6 Å². The summed E-state index contributed by atoms with van der Waals surface area (Å²) in [6, 6.07) is 5.23. The van der Waals surface area contributed by atoms with Crippen LogP contribution in [0.4, 0.5) is 0 Å². The van der Waals surface area contributed by atoms with Gasteiger partial charge in [0.25, 0.3) is 0 Å². The SMILES string of the molecule is CC1CC1c1nc2c(S(C)(=O)=O)cccc2[nH]1. The zero-order chi connectivity index (χ0) is 12.2. The van der Waals surface area contributed by atoms with Crippen LogP contribution in [0.5, 0.6) is 0 Å². The number of hydrogen-bond donors (Lipinski definition) is 1. The lowest BCUT2D eigenvalue weighted by atomic mass is 10.3. The molecule has 2 unspecified atom stereocenters. The highest BCUT2D eigenvalue weighted by Crippen LogP contribution is 2.46. The number of fused-ring (bicyclic) bond motifs is 1. The molecule has 2 atom stereocenters. The lowest BCUT2D eigenvalue weighted by molar-refractivity contribution is 0.602. The largest absolute Gasteiger partial charge is 0.342 e. The Balaban J connectivity index is 2.22. The van der Waals surface area contributed by atoms with Gasteiger partial charge in [-0.3, -0.25) is 0 Å². The summed E-state index contributed by atoms with van der Waals surface area (Å²) in [4.78, 5) is 7.99. The number of imidazole rings is 1. The van der Waals surface area contributed by atoms with E-state index in [1.54, 1.807) is 12.1 Å². The summed E-state index contributed by atoms with van der Waals surface area (Å²) in [5.74, 6) is 2.04. The Morgan fingerprint density at radius 2 is 2.12 bits per heavy atom. The van der Waals surface area contributed by atoms with Gasteiger partial charge in [-0.05, 0) is 24.5 Å². The highest BCUT2D eigenvalue weighted by atomic mass is 32.2. The van der Waals surface area contributed by atoms with Gasteiger partial charge >= 0.3 is 0 Å². The van der Waals surface area contributed by atoms with Crippen molar-refractivity contribution in [2.75, 3.05) is 6.26 Å². The highest BCUT2D eigenvalue weighted by Gasteiger charge is 2.36. The van der Waals surface area contributed by atoms with Crippen molar-refractivity contribution in [3.8, 4) is 0 Å². The molecule has 1 fully saturated rings. The topological polar surface area (TPSA) is 62.8 Å². The molecule has 0 bridgehead atoms. The van der Waals surface area contributed by atoms with E-state index in [0.29, 0.717) is 22.2 Å². The number of H-pyrrole nitrogens is 1. The standard InChI is InChI=1S/C12H14N2O2S/c1-7-6-8(7)12-13-9-4-3-5-10(11(9)14-12)17(2,15)16/h3-5,7-8H,6H2,1-2H3,(H,13,14). The van der Waals surface area contributed by atoms with E-state index >= 15 is 0 Å². The first kappa shape index (κ1) is 10.8. The Bertz CT molecular complexity index is 688. The van der Waals surface area contributed by atoms with Crippen molar-refractivity contribution in [1.82, 2.24) is 9.97 Å². The molecule has 4 nitrogen and oxygen atoms in total. The fourth-order valence-electron chi connectivity index (χ4n) is 2.20. The normalized spacial score (nSPS) is 24.1. The second kappa shape index (κ2) is 3.32. The summed E-state index contributed by atoms with van der Waals surface area (Å²) < 4.78 is 23.3. The van der Waals surface area contributed by atoms with E-state index in [1.807, 2.05) is 6.07 Å². The molecule has 1 heterocycles. The fourth-order valence-corrected chi connectivity index (χ4v) is 3.04. The molecule has 5 heteroatoms. The Labute approximate surface area is 100.0 Å². The van der Waals surface area contributed by atoms with Crippen molar-refractivity contribution >= 4 is 20.9 Å². The van der Waals surface area contributed by atoms with Crippen molar-refractivity contribution in [2.24, 2.45) is 5.92 Å². The number of rotatable bonds is 2. The molecule has 1 N–H and O–H groups in total. The molecular weight excluding hydrogens is 236 g/mol. The van der Waals surface area contributed by atoms with Crippen LogP contribution in [0, 0.1) is 5.92 Å². The third-order valence-electron chi connectivity index (χ3n) is 3.35. The Morgan fingerprint density at radius 3 is 2.71 bits per heavy atom. The molecule has 0 saturated heterocycles. The van der Waals surface area contributed by atoms with Crippen LogP contribution < -0.4 is 0 Å². The predicted octanol–water partition coefficient (Wildman–Crippen LogP) is 2.09. The monoisotopic (exact) mass is 250 g/mol. The van der Waals surface area contributed by atoms with E-state index in [2.05, 4.69) is 16.9 Å². The maximum absolute atomic E-state index is 11.7. The van der Waals surface area contributed by atoms with Crippen LogP contribution >= 0.6 is 0 Å². The number of benzene rings is 1. The molecule has 1 saturated carbocycles. The summed E-state index contributed by atoms with van der Waals surface area (Å²) >= 11 is 0. The molecule has 0 amide bonds. The Kier molecular flexibility index (Phi) is 2.10. The van der Waals surface area contributed by atoms with Crippen molar-refractivity contribution in [3.63, 3.8) is 0 Å². The molecule has 0 spiro atoms.